The van der Waals surface area contributed by atoms with E-state index in [9.17, 15) is 18.0 Å². The van der Waals surface area contributed by atoms with Gasteiger partial charge in [-0.3, -0.25) is 9.59 Å². The molecule has 152 valence electrons. The number of benzene rings is 2. The first-order valence-corrected chi connectivity index (χ1v) is 11.1. The molecule has 4 rings (SSSR count). The lowest BCUT2D eigenvalue weighted by Gasteiger charge is -2.35. The van der Waals surface area contributed by atoms with Crippen molar-refractivity contribution in [2.75, 3.05) is 13.1 Å². The summed E-state index contributed by atoms with van der Waals surface area (Å²) in [5.41, 5.74) is 7.76. The van der Waals surface area contributed by atoms with Gasteiger partial charge in [-0.1, -0.05) is 30.3 Å². The number of hydrogen-bond donors (Lipinski definition) is 1. The maximum Gasteiger partial charge on any atom is 0.254 e. The molecule has 2 aliphatic heterocycles. The third-order valence-electron chi connectivity index (χ3n) is 5.62. The molecule has 0 bridgehead atoms. The van der Waals surface area contributed by atoms with Crippen LogP contribution in [0.1, 0.15) is 34.3 Å². The molecule has 1 saturated heterocycles. The van der Waals surface area contributed by atoms with Gasteiger partial charge >= 0.3 is 0 Å². The fourth-order valence-corrected chi connectivity index (χ4v) is 5.59. The smallest absolute Gasteiger partial charge is 0.254 e. The summed E-state index contributed by atoms with van der Waals surface area (Å²) in [6.45, 7) is 1.24. The van der Waals surface area contributed by atoms with Gasteiger partial charge in [0.05, 0.1) is 4.90 Å². The third-order valence-corrected chi connectivity index (χ3v) is 7.52. The van der Waals surface area contributed by atoms with E-state index in [4.69, 9.17) is 5.73 Å². The number of sulfonamides is 1. The number of rotatable bonds is 4. The quantitative estimate of drug-likeness (QED) is 0.821. The van der Waals surface area contributed by atoms with Gasteiger partial charge in [0, 0.05) is 31.6 Å². The molecule has 0 spiro atoms. The molecule has 0 unspecified atom stereocenters. The first-order valence-electron chi connectivity index (χ1n) is 9.65. The normalized spacial score (nSPS) is 19.7. The summed E-state index contributed by atoms with van der Waals surface area (Å²) in [4.78, 5) is 26.8. The number of carbonyl (C=O) groups is 2. The number of amides is 2. The van der Waals surface area contributed by atoms with Gasteiger partial charge in [0.1, 0.15) is 6.04 Å². The molecule has 2 aliphatic rings. The zero-order valence-electron chi connectivity index (χ0n) is 16.0. The van der Waals surface area contributed by atoms with E-state index in [1.165, 1.54) is 21.3 Å². The number of fused-ring (bicyclic) bond motifs is 1. The highest BCUT2D eigenvalue weighted by Gasteiger charge is 2.34. The lowest BCUT2D eigenvalue weighted by molar-refractivity contribution is -0.122. The summed E-state index contributed by atoms with van der Waals surface area (Å²) in [5, 5.41) is 0. The lowest BCUT2D eigenvalue weighted by atomic mass is 9.93. The third kappa shape index (κ3) is 3.65. The highest BCUT2D eigenvalue weighted by atomic mass is 32.2. The summed E-state index contributed by atoms with van der Waals surface area (Å²) < 4.78 is 27.1. The van der Waals surface area contributed by atoms with Crippen molar-refractivity contribution in [2.24, 2.45) is 5.73 Å². The molecular weight excluding hydrogens is 390 g/mol. The van der Waals surface area contributed by atoms with E-state index in [1.54, 1.807) is 12.1 Å². The van der Waals surface area contributed by atoms with Crippen LogP contribution in [-0.2, 0) is 27.8 Å². The van der Waals surface area contributed by atoms with Crippen molar-refractivity contribution in [1.29, 1.82) is 0 Å². The molecule has 2 aromatic carbocycles. The molecule has 7 nitrogen and oxygen atoms in total. The van der Waals surface area contributed by atoms with Gasteiger partial charge in [-0.15, -0.1) is 0 Å². The van der Waals surface area contributed by atoms with Gasteiger partial charge in [-0.25, -0.2) is 8.42 Å². The molecule has 2 aromatic rings. The minimum absolute atomic E-state index is 0.0956. The van der Waals surface area contributed by atoms with E-state index in [1.807, 2.05) is 24.3 Å². The van der Waals surface area contributed by atoms with Gasteiger partial charge in [-0.05, 0) is 42.2 Å². The molecule has 8 heteroatoms. The molecule has 0 saturated carbocycles. The van der Waals surface area contributed by atoms with Crippen LogP contribution in [0.15, 0.2) is 53.4 Å². The highest BCUT2D eigenvalue weighted by Crippen LogP contribution is 2.26. The summed E-state index contributed by atoms with van der Waals surface area (Å²) in [5.74, 6) is -0.976. The Morgan fingerprint density at radius 2 is 1.66 bits per heavy atom. The lowest BCUT2D eigenvalue weighted by Crippen LogP contribution is -2.51. The molecule has 2 heterocycles. The standard InChI is InChI=1S/C21H23N3O4S/c22-20(25)19-13-15-6-1-2-7-17(15)14-24(19)21(26)16-8-5-9-18(12-16)29(27,28)23-10-3-4-11-23/h1-2,5-9,12,19H,3-4,10-11,13-14H2,(H2,22,25)/t19-/m1/s1. The molecule has 1 fully saturated rings. The van der Waals surface area contributed by atoms with E-state index in [-0.39, 0.29) is 17.0 Å². The Labute approximate surface area is 170 Å². The van der Waals surface area contributed by atoms with E-state index >= 15 is 0 Å². The topological polar surface area (TPSA) is 101 Å². The van der Waals surface area contributed by atoms with Crippen molar-refractivity contribution in [1.82, 2.24) is 9.21 Å². The predicted molar refractivity (Wildman–Crippen MR) is 107 cm³/mol. The maximum absolute atomic E-state index is 13.2. The Balaban J connectivity index is 1.66. The van der Waals surface area contributed by atoms with Crippen molar-refractivity contribution < 1.29 is 18.0 Å². The van der Waals surface area contributed by atoms with Gasteiger partial charge in [0.25, 0.3) is 5.91 Å². The first-order chi connectivity index (χ1) is 13.9. The molecule has 0 radical (unpaired) electrons. The van der Waals surface area contributed by atoms with Gasteiger partial charge in [0.2, 0.25) is 15.9 Å². The van der Waals surface area contributed by atoms with E-state index < -0.39 is 27.9 Å². The number of nitrogens with zero attached hydrogens (tertiary/aromatic N) is 2. The minimum Gasteiger partial charge on any atom is -0.368 e. The molecule has 2 N–H and O–H groups in total. The monoisotopic (exact) mass is 413 g/mol. The second-order valence-electron chi connectivity index (χ2n) is 7.46. The van der Waals surface area contributed by atoms with Crippen LogP contribution in [0.2, 0.25) is 0 Å². The van der Waals surface area contributed by atoms with Crippen LogP contribution >= 0.6 is 0 Å². The van der Waals surface area contributed by atoms with Crippen molar-refractivity contribution in [3.63, 3.8) is 0 Å². The average molecular weight is 413 g/mol. The SMILES string of the molecule is NC(=O)[C@H]1Cc2ccccc2CN1C(=O)c1cccc(S(=O)(=O)N2CCCC2)c1. The maximum atomic E-state index is 13.2. The van der Waals surface area contributed by atoms with Crippen molar-refractivity contribution in [2.45, 2.75) is 36.7 Å². The summed E-state index contributed by atoms with van der Waals surface area (Å²) >= 11 is 0. The first kappa shape index (κ1) is 19.6. The van der Waals surface area contributed by atoms with Gasteiger partial charge < -0.3 is 10.6 Å². The van der Waals surface area contributed by atoms with Crippen molar-refractivity contribution in [3.8, 4) is 0 Å². The molecule has 1 atom stereocenters. The van der Waals surface area contributed by atoms with Crippen molar-refractivity contribution in [3.05, 3.63) is 65.2 Å². The van der Waals surface area contributed by atoms with Gasteiger partial charge in [0.15, 0.2) is 0 Å². The Morgan fingerprint density at radius 1 is 0.966 bits per heavy atom. The predicted octanol–water partition coefficient (Wildman–Crippen LogP) is 1.52. The Bertz CT molecular complexity index is 1060. The summed E-state index contributed by atoms with van der Waals surface area (Å²) in [6.07, 6.45) is 2.03. The van der Waals surface area contributed by atoms with Crippen LogP contribution in [-0.4, -0.2) is 48.6 Å². The largest absolute Gasteiger partial charge is 0.368 e. The second-order valence-corrected chi connectivity index (χ2v) is 9.40. The van der Waals surface area contributed by atoms with Gasteiger partial charge in [-0.2, -0.15) is 4.31 Å². The summed E-state index contributed by atoms with van der Waals surface area (Å²) in [6, 6.07) is 12.9. The molecule has 0 aromatic heterocycles. The zero-order valence-corrected chi connectivity index (χ0v) is 16.8. The number of nitrogens with two attached hydrogens (primary N) is 1. The molecule has 29 heavy (non-hydrogen) atoms. The molecular formula is C21H23N3O4S. The number of hydrogen-bond acceptors (Lipinski definition) is 4. The van der Waals surface area contributed by atoms with Crippen LogP contribution < -0.4 is 5.73 Å². The second kappa shape index (κ2) is 7.61. The fraction of sp³-hybridized carbons (Fsp3) is 0.333. The van der Waals surface area contributed by atoms with Crippen molar-refractivity contribution >= 4 is 21.8 Å². The highest BCUT2D eigenvalue weighted by molar-refractivity contribution is 7.89. The Hall–Kier alpha value is -2.71. The van der Waals surface area contributed by atoms with E-state index in [0.717, 1.165) is 24.0 Å². The van der Waals surface area contributed by atoms with Crippen LogP contribution in [0.5, 0.6) is 0 Å². The number of primary amides is 1. The van der Waals surface area contributed by atoms with Crippen LogP contribution in [0, 0.1) is 0 Å². The van der Waals surface area contributed by atoms with Crippen LogP contribution in [0.25, 0.3) is 0 Å². The van der Waals surface area contributed by atoms with Crippen LogP contribution in [0.4, 0.5) is 0 Å². The Kier molecular flexibility index (Phi) is 5.14. The Morgan fingerprint density at radius 3 is 2.34 bits per heavy atom. The van der Waals surface area contributed by atoms with E-state index in [2.05, 4.69) is 0 Å². The minimum atomic E-state index is -3.63. The molecule has 2 amide bonds. The number of carbonyl (C=O) groups excluding carboxylic acids is 2. The summed E-state index contributed by atoms with van der Waals surface area (Å²) in [7, 11) is -3.63. The zero-order chi connectivity index (χ0) is 20.6. The van der Waals surface area contributed by atoms with E-state index in [0.29, 0.717) is 19.5 Å². The fourth-order valence-electron chi connectivity index (χ4n) is 4.02. The van der Waals surface area contributed by atoms with Crippen LogP contribution in [0.3, 0.4) is 0 Å². The average Bonchev–Trinajstić information content (AvgIpc) is 3.28. The molecule has 0 aliphatic carbocycles.